The average molecular weight is 1070 g/mol. The van der Waals surface area contributed by atoms with Crippen LogP contribution in [0.4, 0.5) is 0 Å². The number of pyridine rings is 1. The first-order valence-electron chi connectivity index (χ1n) is 25.7. The Kier molecular flexibility index (Phi) is 21.0. The van der Waals surface area contributed by atoms with Crippen LogP contribution in [0.1, 0.15) is 108 Å². The monoisotopic (exact) mass is 1070 g/mol. The second-order valence-corrected chi connectivity index (χ2v) is 23.6. The number of carbonyl (C=O) groups is 1. The van der Waals surface area contributed by atoms with Crippen LogP contribution >= 0.6 is 11.6 Å². The SMILES string of the molecule is CCCNC[C@]1(O)[C@H](C)OC(O[C@H]2[C@H](C)[C@@H](O[C@@H]3O[C@H](C)C[C@H](N(C)S(=O)(=O)c4cccnc4Cl)[C@H]3Oc3ccc(OC)cc3)[C@](C)(O)C[C@@H](C)CN[C@H](C)[C@@H](O)[C@](C)(O)[C@@H](CC)OC(=O)[C@@H]2C)C[C@@]1(C)OC. The Balaban J connectivity index is 1.67. The Labute approximate surface area is 438 Å². The number of hydrogen-bond acceptors (Lipinski definition) is 18. The molecule has 73 heavy (non-hydrogen) atoms. The van der Waals surface area contributed by atoms with E-state index < -0.39 is 118 Å². The number of methoxy groups -OCH3 is 2. The summed E-state index contributed by atoms with van der Waals surface area (Å²) in [5, 5.41) is 55.2. The van der Waals surface area contributed by atoms with E-state index in [0.717, 1.165) is 6.42 Å². The molecule has 6 N–H and O–H groups in total. The highest BCUT2D eigenvalue weighted by Gasteiger charge is 2.59. The lowest BCUT2D eigenvalue weighted by Crippen LogP contribution is -2.70. The van der Waals surface area contributed by atoms with Crippen LogP contribution in [0.25, 0.3) is 0 Å². The molecule has 3 fully saturated rings. The summed E-state index contributed by atoms with van der Waals surface area (Å²) < 4.78 is 81.9. The van der Waals surface area contributed by atoms with Gasteiger partial charge in [0.15, 0.2) is 18.7 Å². The first-order chi connectivity index (χ1) is 34.1. The standard InChI is InChI=1S/C52H85ClN4O15S/c1-15-23-54-29-52(62)35(8)68-41(27-50(52,10)66-14)71-42-32(5)45(49(9,60)26-30(3)28-56-34(7)44(58)51(11,61)40(16-2)70-47(59)33(42)6)72-48-43(69-37-21-19-36(65-13)20-22-37)38(25-31(4)67-48)57(12)73(63,64)39-18-17-24-55-46(39)53/h17-22,24,30-35,38,40-45,48,54,56,58,60-62H,15-16,23,25-29H2,1-14H3/t30-,31-,32+,33-,34-,35+,38+,40-,41?,42+,43-,44-,45-,48+,49-,50-,51-,52+/m1/s1. The summed E-state index contributed by atoms with van der Waals surface area (Å²) in [6, 6.07) is 7.93. The number of sulfonamides is 1. The van der Waals surface area contributed by atoms with Gasteiger partial charge in [0.2, 0.25) is 10.0 Å². The number of carbonyl (C=O) groups excluding carboxylic acids is 1. The molecule has 1 aromatic heterocycles. The van der Waals surface area contributed by atoms with E-state index in [9.17, 15) is 33.6 Å². The van der Waals surface area contributed by atoms with Gasteiger partial charge in [0.25, 0.3) is 0 Å². The molecule has 18 atom stereocenters. The maximum atomic E-state index is 14.7. The normalized spacial score (nSPS) is 39.5. The summed E-state index contributed by atoms with van der Waals surface area (Å²) in [6.07, 6.45) is -7.62. The van der Waals surface area contributed by atoms with Crippen molar-refractivity contribution in [1.82, 2.24) is 19.9 Å². The van der Waals surface area contributed by atoms with E-state index in [2.05, 4.69) is 15.6 Å². The first-order valence-corrected chi connectivity index (χ1v) is 27.5. The lowest BCUT2D eigenvalue weighted by molar-refractivity contribution is -0.335. The van der Waals surface area contributed by atoms with Crippen molar-refractivity contribution in [2.45, 2.75) is 203 Å². The zero-order chi connectivity index (χ0) is 54.4. The van der Waals surface area contributed by atoms with Crippen molar-refractivity contribution in [3.63, 3.8) is 0 Å². The summed E-state index contributed by atoms with van der Waals surface area (Å²) >= 11 is 6.42. The lowest BCUT2D eigenvalue weighted by atomic mass is 9.75. The molecule has 3 aliphatic rings. The molecule has 5 rings (SSSR count). The summed E-state index contributed by atoms with van der Waals surface area (Å²) in [4.78, 5) is 18.6. The molecule has 416 valence electrons. The number of nitrogens with one attached hydrogen (secondary N) is 2. The number of esters is 1. The topological polar surface area (TPSA) is 246 Å². The highest BCUT2D eigenvalue weighted by atomic mass is 35.5. The van der Waals surface area contributed by atoms with E-state index in [1.165, 1.54) is 50.8 Å². The van der Waals surface area contributed by atoms with Crippen molar-refractivity contribution in [2.24, 2.45) is 17.8 Å². The lowest BCUT2D eigenvalue weighted by Gasteiger charge is -2.53. The van der Waals surface area contributed by atoms with Crippen molar-refractivity contribution in [3.8, 4) is 11.5 Å². The number of nitrogens with zero attached hydrogens (tertiary/aromatic N) is 2. The van der Waals surface area contributed by atoms with Gasteiger partial charge in [-0.15, -0.1) is 0 Å². The molecule has 4 heterocycles. The fraction of sp³-hybridized carbons (Fsp3) is 0.769. The molecule has 0 amide bonds. The number of aliphatic hydroxyl groups is 4. The van der Waals surface area contributed by atoms with Crippen LogP contribution in [0, 0.1) is 17.8 Å². The molecule has 3 saturated heterocycles. The minimum atomic E-state index is -4.34. The van der Waals surface area contributed by atoms with Crippen LogP contribution in [0.2, 0.25) is 5.15 Å². The predicted molar refractivity (Wildman–Crippen MR) is 274 cm³/mol. The third-order valence-corrected chi connectivity index (χ3v) is 17.8. The Morgan fingerprint density at radius 3 is 2.21 bits per heavy atom. The Bertz CT molecular complexity index is 2200. The van der Waals surface area contributed by atoms with Crippen molar-refractivity contribution in [1.29, 1.82) is 0 Å². The van der Waals surface area contributed by atoms with E-state index in [-0.39, 0.29) is 54.7 Å². The van der Waals surface area contributed by atoms with E-state index in [4.69, 9.17) is 49.5 Å². The van der Waals surface area contributed by atoms with Crippen LogP contribution in [0.15, 0.2) is 47.5 Å². The highest BCUT2D eigenvalue weighted by Crippen LogP contribution is 2.44. The van der Waals surface area contributed by atoms with Gasteiger partial charge in [0, 0.05) is 45.3 Å². The minimum Gasteiger partial charge on any atom is -0.497 e. The summed E-state index contributed by atoms with van der Waals surface area (Å²) in [6.45, 7) is 20.2. The molecule has 19 nitrogen and oxygen atoms in total. The number of aliphatic hydroxyl groups excluding tert-OH is 1. The molecule has 1 unspecified atom stereocenters. The average Bonchev–Trinajstić information content (AvgIpc) is 3.34. The number of aromatic nitrogens is 1. The molecule has 0 bridgehead atoms. The van der Waals surface area contributed by atoms with Gasteiger partial charge in [0.05, 0.1) is 49.1 Å². The number of hydrogen-bond donors (Lipinski definition) is 6. The third-order valence-electron chi connectivity index (χ3n) is 15.5. The highest BCUT2D eigenvalue weighted by molar-refractivity contribution is 7.89. The third kappa shape index (κ3) is 13.7. The van der Waals surface area contributed by atoms with Crippen LogP contribution in [-0.2, 0) is 43.2 Å². The van der Waals surface area contributed by atoms with E-state index in [0.29, 0.717) is 18.0 Å². The van der Waals surface area contributed by atoms with Gasteiger partial charge in [-0.1, -0.05) is 39.3 Å². The van der Waals surface area contributed by atoms with Crippen LogP contribution in [-0.4, -0.2) is 175 Å². The molecule has 21 heteroatoms. The number of ether oxygens (including phenoxy) is 8. The number of halogens is 1. The molecular formula is C52H85ClN4O15S. The second-order valence-electron chi connectivity index (χ2n) is 21.3. The van der Waals surface area contributed by atoms with Crippen molar-refractivity contribution in [2.75, 3.05) is 40.9 Å². The molecule has 2 aromatic rings. The number of likely N-dealkylation sites (N-methyl/N-ethyl adjacent to an activating group) is 1. The summed E-state index contributed by atoms with van der Waals surface area (Å²) in [5.74, 6) is -2.31. The van der Waals surface area contributed by atoms with Crippen LogP contribution in [0.5, 0.6) is 11.5 Å². The molecule has 3 aliphatic heterocycles. The number of benzene rings is 1. The smallest absolute Gasteiger partial charge is 0.311 e. The maximum absolute atomic E-state index is 14.7. The van der Waals surface area contributed by atoms with Gasteiger partial charge in [0.1, 0.15) is 50.6 Å². The fourth-order valence-electron chi connectivity index (χ4n) is 10.9. The second kappa shape index (κ2) is 25.1. The van der Waals surface area contributed by atoms with Crippen molar-refractivity contribution in [3.05, 3.63) is 47.7 Å². The molecular weight excluding hydrogens is 988 g/mol. The first kappa shape index (κ1) is 61.1. The van der Waals surface area contributed by atoms with Crippen molar-refractivity contribution < 1.29 is 71.5 Å². The minimum absolute atomic E-state index is 0.00853. The largest absolute Gasteiger partial charge is 0.497 e. The van der Waals surface area contributed by atoms with Gasteiger partial charge in [-0.25, -0.2) is 13.4 Å². The van der Waals surface area contributed by atoms with E-state index in [1.54, 1.807) is 79.7 Å². The Morgan fingerprint density at radius 2 is 1.60 bits per heavy atom. The van der Waals surface area contributed by atoms with Gasteiger partial charge < -0.3 is 69.0 Å². The van der Waals surface area contributed by atoms with Crippen molar-refractivity contribution >= 4 is 27.6 Å². The molecule has 1 aromatic carbocycles. The molecule has 0 saturated carbocycles. The van der Waals surface area contributed by atoms with Gasteiger partial charge in [-0.2, -0.15) is 4.31 Å². The predicted octanol–water partition coefficient (Wildman–Crippen LogP) is 4.83. The molecule has 0 aliphatic carbocycles. The zero-order valence-electron chi connectivity index (χ0n) is 45.2. The van der Waals surface area contributed by atoms with E-state index >= 15 is 0 Å². The number of cyclic esters (lactones) is 1. The van der Waals surface area contributed by atoms with E-state index in [1.807, 2.05) is 13.8 Å². The van der Waals surface area contributed by atoms with Gasteiger partial charge in [-0.3, -0.25) is 4.79 Å². The Morgan fingerprint density at radius 1 is 0.945 bits per heavy atom. The fourth-order valence-corrected chi connectivity index (χ4v) is 12.7. The molecule has 0 spiro atoms. The maximum Gasteiger partial charge on any atom is 0.311 e. The van der Waals surface area contributed by atoms with Crippen LogP contribution in [0.3, 0.4) is 0 Å². The summed E-state index contributed by atoms with van der Waals surface area (Å²) in [5.41, 5.74) is -6.42. The quantitative estimate of drug-likeness (QED) is 0.0749. The number of rotatable bonds is 16. The van der Waals surface area contributed by atoms with Gasteiger partial charge in [-0.05, 0) is 130 Å². The zero-order valence-corrected chi connectivity index (χ0v) is 46.8. The Hall–Kier alpha value is -2.80. The molecule has 0 radical (unpaired) electrons. The van der Waals surface area contributed by atoms with Crippen LogP contribution < -0.4 is 20.1 Å². The summed E-state index contributed by atoms with van der Waals surface area (Å²) in [7, 11) is 0.127. The van der Waals surface area contributed by atoms with Gasteiger partial charge >= 0.3 is 5.97 Å².